The summed E-state index contributed by atoms with van der Waals surface area (Å²) in [4.78, 5) is 39.5. The second kappa shape index (κ2) is 14.3. The molecule has 0 spiro atoms. The predicted octanol–water partition coefficient (Wildman–Crippen LogP) is 5.33. The largest absolute Gasteiger partial charge is 0.352 e. The van der Waals surface area contributed by atoms with E-state index in [9.17, 15) is 9.59 Å². The van der Waals surface area contributed by atoms with Crippen LogP contribution in [0.1, 0.15) is 29.9 Å². The molecule has 4 aromatic heterocycles. The van der Waals surface area contributed by atoms with Gasteiger partial charge < -0.3 is 9.80 Å². The Balaban J connectivity index is 0.000000208. The zero-order valence-electron chi connectivity index (χ0n) is 26.0. The summed E-state index contributed by atoms with van der Waals surface area (Å²) in [6.07, 6.45) is 10.8. The first-order chi connectivity index (χ1) is 22.5. The van der Waals surface area contributed by atoms with Gasteiger partial charge in [-0.15, -0.1) is 11.3 Å². The molecule has 0 atom stereocenters. The number of ketones is 1. The van der Waals surface area contributed by atoms with Gasteiger partial charge in [-0.3, -0.25) is 9.59 Å². The Morgan fingerprint density at radius 2 is 1.41 bits per heavy atom. The standard InChI is InChI=1S/C23H24N6OS.C12H12N2O/c1-2-19-15-20-22(24-16-25-23(20)31-19)28-11-9-27(10-12-28)21(30)14-17-5-3-6-18(13-17)29-8-4-7-26-29;1-10(15)8-11-4-2-5-12(9-11)14-7-3-6-13-14/h3-8,13,15-16H,2,9-12,14H2,1H3;2-7,9H,8H2,1H3. The van der Waals surface area contributed by atoms with Crippen molar-refractivity contribution in [2.75, 3.05) is 31.1 Å². The quantitative estimate of drug-likeness (QED) is 0.223. The number of amides is 1. The summed E-state index contributed by atoms with van der Waals surface area (Å²) in [6.45, 7) is 6.72. The second-order valence-electron chi connectivity index (χ2n) is 11.1. The first-order valence-corrected chi connectivity index (χ1v) is 16.2. The van der Waals surface area contributed by atoms with E-state index in [0.29, 0.717) is 25.9 Å². The summed E-state index contributed by atoms with van der Waals surface area (Å²) in [5.41, 5.74) is 3.98. The van der Waals surface area contributed by atoms with Crippen molar-refractivity contribution in [1.82, 2.24) is 34.4 Å². The van der Waals surface area contributed by atoms with Gasteiger partial charge in [0.1, 0.15) is 22.8 Å². The molecule has 2 aromatic carbocycles. The van der Waals surface area contributed by atoms with Crippen molar-refractivity contribution < 1.29 is 9.59 Å². The Hall–Kier alpha value is -5.16. The van der Waals surface area contributed by atoms with Gasteiger partial charge >= 0.3 is 0 Å². The third kappa shape index (κ3) is 7.37. The van der Waals surface area contributed by atoms with E-state index >= 15 is 0 Å². The fourth-order valence-corrected chi connectivity index (χ4v) is 6.45. The number of nitrogens with zero attached hydrogens (tertiary/aromatic N) is 8. The van der Waals surface area contributed by atoms with E-state index < -0.39 is 0 Å². The minimum atomic E-state index is 0.161. The highest BCUT2D eigenvalue weighted by atomic mass is 32.1. The average molecular weight is 633 g/mol. The van der Waals surface area contributed by atoms with E-state index in [1.807, 2.05) is 82.6 Å². The molecule has 0 N–H and O–H groups in total. The Bertz CT molecular complexity index is 1910. The maximum Gasteiger partial charge on any atom is 0.227 e. The molecule has 0 bridgehead atoms. The lowest BCUT2D eigenvalue weighted by Crippen LogP contribution is -2.49. The van der Waals surface area contributed by atoms with Gasteiger partial charge in [-0.05, 0) is 66.9 Å². The summed E-state index contributed by atoms with van der Waals surface area (Å²) in [7, 11) is 0. The fourth-order valence-electron chi connectivity index (χ4n) is 5.52. The first kappa shape index (κ1) is 30.8. The Morgan fingerprint density at radius 3 is 1.98 bits per heavy atom. The van der Waals surface area contributed by atoms with Gasteiger partial charge in [0.25, 0.3) is 0 Å². The van der Waals surface area contributed by atoms with E-state index in [0.717, 1.165) is 58.0 Å². The number of anilines is 1. The number of piperazine rings is 1. The number of carbonyl (C=O) groups excluding carboxylic acids is 2. The number of hydrogen-bond acceptors (Lipinski definition) is 8. The number of Topliss-reactive ketones (excluding diaryl/α,β-unsaturated/α-hetero) is 1. The number of rotatable bonds is 8. The van der Waals surface area contributed by atoms with Crippen molar-refractivity contribution in [2.24, 2.45) is 0 Å². The molecule has 6 aromatic rings. The van der Waals surface area contributed by atoms with E-state index in [1.165, 1.54) is 4.88 Å². The molecular formula is C35H36N8O2S. The van der Waals surface area contributed by atoms with Crippen molar-refractivity contribution in [3.05, 3.63) is 114 Å². The maximum atomic E-state index is 12.9. The number of fused-ring (bicyclic) bond motifs is 1. The summed E-state index contributed by atoms with van der Waals surface area (Å²) in [5.74, 6) is 1.32. The maximum absolute atomic E-state index is 12.9. The van der Waals surface area contributed by atoms with Crippen LogP contribution >= 0.6 is 11.3 Å². The normalized spacial score (nSPS) is 13.0. The van der Waals surface area contributed by atoms with Gasteiger partial charge in [0, 0.05) is 62.3 Å². The van der Waals surface area contributed by atoms with Crippen LogP contribution in [-0.4, -0.2) is 72.3 Å². The Labute approximate surface area is 271 Å². The van der Waals surface area contributed by atoms with Gasteiger partial charge in [-0.2, -0.15) is 10.2 Å². The van der Waals surface area contributed by atoms with Crippen LogP contribution in [0.3, 0.4) is 0 Å². The Morgan fingerprint density at radius 1 is 0.783 bits per heavy atom. The van der Waals surface area contributed by atoms with Crippen molar-refractivity contribution in [2.45, 2.75) is 33.1 Å². The molecular weight excluding hydrogens is 597 g/mol. The minimum absolute atomic E-state index is 0.161. The van der Waals surface area contributed by atoms with Crippen LogP contribution in [0.15, 0.2) is 97.8 Å². The molecule has 7 rings (SSSR count). The number of aryl methyl sites for hydroxylation is 1. The molecule has 0 unspecified atom stereocenters. The van der Waals surface area contributed by atoms with Crippen LogP contribution in [0.4, 0.5) is 5.82 Å². The number of carbonyl (C=O) groups is 2. The molecule has 46 heavy (non-hydrogen) atoms. The van der Waals surface area contributed by atoms with Crippen molar-refractivity contribution >= 4 is 39.1 Å². The van der Waals surface area contributed by atoms with Crippen molar-refractivity contribution in [3.63, 3.8) is 0 Å². The molecule has 10 nitrogen and oxygen atoms in total. The highest BCUT2D eigenvalue weighted by Crippen LogP contribution is 2.31. The fraction of sp³-hybridized carbons (Fsp3) is 0.257. The summed E-state index contributed by atoms with van der Waals surface area (Å²) >= 11 is 1.73. The van der Waals surface area contributed by atoms with Crippen LogP contribution < -0.4 is 4.90 Å². The highest BCUT2D eigenvalue weighted by Gasteiger charge is 2.24. The van der Waals surface area contributed by atoms with E-state index in [1.54, 1.807) is 41.7 Å². The lowest BCUT2D eigenvalue weighted by molar-refractivity contribution is -0.130. The van der Waals surface area contributed by atoms with Gasteiger partial charge in [0.15, 0.2) is 0 Å². The van der Waals surface area contributed by atoms with Crippen LogP contribution in [0.25, 0.3) is 21.6 Å². The summed E-state index contributed by atoms with van der Waals surface area (Å²) in [6, 6.07) is 21.8. The summed E-state index contributed by atoms with van der Waals surface area (Å²) < 4.78 is 3.59. The van der Waals surface area contributed by atoms with Gasteiger partial charge in [0.05, 0.1) is 23.2 Å². The smallest absolute Gasteiger partial charge is 0.227 e. The van der Waals surface area contributed by atoms with E-state index in [4.69, 9.17) is 0 Å². The average Bonchev–Trinajstić information content (AvgIpc) is 3.88. The number of aromatic nitrogens is 6. The molecule has 5 heterocycles. The van der Waals surface area contributed by atoms with E-state index in [2.05, 4.69) is 38.1 Å². The van der Waals surface area contributed by atoms with Gasteiger partial charge in [-0.25, -0.2) is 19.3 Å². The first-order valence-electron chi connectivity index (χ1n) is 15.4. The number of thiophene rings is 1. The zero-order chi connectivity index (χ0) is 31.9. The van der Waals surface area contributed by atoms with Gasteiger partial charge in [-0.1, -0.05) is 31.2 Å². The predicted molar refractivity (Wildman–Crippen MR) is 181 cm³/mol. The lowest BCUT2D eigenvalue weighted by Gasteiger charge is -2.35. The molecule has 1 aliphatic rings. The summed E-state index contributed by atoms with van der Waals surface area (Å²) in [5, 5.41) is 9.53. The zero-order valence-corrected chi connectivity index (χ0v) is 26.8. The molecule has 1 amide bonds. The molecule has 11 heteroatoms. The second-order valence-corrected chi connectivity index (χ2v) is 12.3. The molecule has 0 saturated carbocycles. The monoisotopic (exact) mass is 632 g/mol. The molecule has 1 fully saturated rings. The molecule has 1 aliphatic heterocycles. The van der Waals surface area contributed by atoms with Crippen LogP contribution in [0, 0.1) is 0 Å². The third-order valence-corrected chi connectivity index (χ3v) is 8.99. The van der Waals surface area contributed by atoms with Crippen LogP contribution in [-0.2, 0) is 28.9 Å². The highest BCUT2D eigenvalue weighted by molar-refractivity contribution is 7.18. The number of hydrogen-bond donors (Lipinski definition) is 0. The van der Waals surface area contributed by atoms with E-state index in [-0.39, 0.29) is 11.7 Å². The molecule has 234 valence electrons. The molecule has 0 aliphatic carbocycles. The molecule has 1 saturated heterocycles. The van der Waals surface area contributed by atoms with Crippen molar-refractivity contribution in [1.29, 1.82) is 0 Å². The van der Waals surface area contributed by atoms with Crippen LogP contribution in [0.5, 0.6) is 0 Å². The topological polar surface area (TPSA) is 102 Å². The Kier molecular flexibility index (Phi) is 9.59. The van der Waals surface area contributed by atoms with Crippen LogP contribution in [0.2, 0.25) is 0 Å². The molecule has 0 radical (unpaired) electrons. The number of benzene rings is 2. The SMILES string of the molecule is CC(=O)Cc1cccc(-n2cccn2)c1.CCc1cc2c(N3CCN(C(=O)Cc4cccc(-n5cccn5)c4)CC3)ncnc2s1. The minimum Gasteiger partial charge on any atom is -0.352 e. The third-order valence-electron chi connectivity index (χ3n) is 7.81. The van der Waals surface area contributed by atoms with Crippen molar-refractivity contribution in [3.8, 4) is 11.4 Å². The lowest BCUT2D eigenvalue weighted by atomic mass is 10.1. The van der Waals surface area contributed by atoms with Gasteiger partial charge in [0.2, 0.25) is 5.91 Å².